The molecule has 0 saturated carbocycles. The first kappa shape index (κ1) is 16.3. The number of carbonyl (C=O) groups excluding carboxylic acids is 1. The minimum atomic E-state index is 0.00742. The molecule has 1 aromatic carbocycles. The first-order valence-corrected chi connectivity index (χ1v) is 9.63. The summed E-state index contributed by atoms with van der Waals surface area (Å²) in [6, 6.07) is 8.00. The van der Waals surface area contributed by atoms with Crippen LogP contribution in [0.3, 0.4) is 0 Å². The number of anilines is 1. The molecule has 1 amide bonds. The Balaban J connectivity index is 1.76. The first-order valence-electron chi connectivity index (χ1n) is 9.63. The third kappa shape index (κ3) is 2.67. The maximum atomic E-state index is 12.4. The van der Waals surface area contributed by atoms with Gasteiger partial charge >= 0.3 is 0 Å². The summed E-state index contributed by atoms with van der Waals surface area (Å²) in [4.78, 5) is 25.6. The molecule has 2 atom stereocenters. The topological polar surface area (TPSA) is 82.7 Å². The quantitative estimate of drug-likeness (QED) is 0.571. The van der Waals surface area contributed by atoms with E-state index < -0.39 is 0 Å². The molecule has 5 rings (SSSR count). The molecule has 0 spiro atoms. The molecule has 0 radical (unpaired) electrons. The highest BCUT2D eigenvalue weighted by Gasteiger charge is 2.29. The lowest BCUT2D eigenvalue weighted by atomic mass is 9.87. The van der Waals surface area contributed by atoms with Crippen LogP contribution in [0.4, 0.5) is 5.82 Å². The van der Waals surface area contributed by atoms with Gasteiger partial charge in [0.25, 0.3) is 5.91 Å². The number of H-pyrrole nitrogens is 1. The van der Waals surface area contributed by atoms with Gasteiger partial charge in [-0.1, -0.05) is 19.1 Å². The summed E-state index contributed by atoms with van der Waals surface area (Å²) in [7, 11) is 0. The van der Waals surface area contributed by atoms with E-state index in [1.54, 1.807) is 0 Å². The molecule has 4 heterocycles. The summed E-state index contributed by atoms with van der Waals surface area (Å²) >= 11 is 0. The number of aromatic nitrogens is 3. The molecule has 0 fully saturated rings. The number of aromatic amines is 1. The zero-order chi connectivity index (χ0) is 18.5. The molecule has 0 saturated heterocycles. The zero-order valence-corrected chi connectivity index (χ0v) is 15.6. The van der Waals surface area contributed by atoms with Crippen molar-refractivity contribution in [3.63, 3.8) is 0 Å². The molecule has 0 aliphatic carbocycles. The number of hydrogen-bond acceptors (Lipinski definition) is 4. The maximum Gasteiger partial charge on any atom is 0.253 e. The molecule has 138 valence electrons. The summed E-state index contributed by atoms with van der Waals surface area (Å²) in [6.07, 6.45) is 2.09. The van der Waals surface area contributed by atoms with E-state index in [2.05, 4.69) is 22.5 Å². The van der Waals surface area contributed by atoms with Crippen molar-refractivity contribution in [2.24, 2.45) is 5.92 Å². The van der Waals surface area contributed by atoms with Crippen LogP contribution in [-0.2, 0) is 0 Å². The molecule has 27 heavy (non-hydrogen) atoms. The van der Waals surface area contributed by atoms with Crippen LogP contribution in [0.2, 0.25) is 0 Å². The number of fused-ring (bicyclic) bond motifs is 3. The van der Waals surface area contributed by atoms with Gasteiger partial charge in [0.2, 0.25) is 0 Å². The third-order valence-corrected chi connectivity index (χ3v) is 5.79. The normalized spacial score (nSPS) is 21.8. The van der Waals surface area contributed by atoms with Gasteiger partial charge in [0.15, 0.2) is 0 Å². The second-order valence-electron chi connectivity index (χ2n) is 7.80. The Labute approximate surface area is 157 Å². The van der Waals surface area contributed by atoms with Crippen LogP contribution in [0, 0.1) is 12.8 Å². The molecule has 0 unspecified atom stereocenters. The predicted molar refractivity (Wildman–Crippen MR) is 106 cm³/mol. The summed E-state index contributed by atoms with van der Waals surface area (Å²) in [5.74, 6) is 1.71. The van der Waals surface area contributed by atoms with Gasteiger partial charge in [-0.25, -0.2) is 9.97 Å². The highest BCUT2D eigenvalue weighted by Crippen LogP contribution is 2.35. The Kier molecular flexibility index (Phi) is 3.67. The van der Waals surface area contributed by atoms with Crippen LogP contribution in [0.25, 0.3) is 22.3 Å². The SMILES string of the molecule is Cc1nc2cccc3c2nc1NCC[C@H](C)C[C@@H]1CNC(=O)c2cc-3[nH]c21. The fourth-order valence-corrected chi connectivity index (χ4v) is 4.33. The van der Waals surface area contributed by atoms with Crippen molar-refractivity contribution < 1.29 is 4.79 Å². The summed E-state index contributed by atoms with van der Waals surface area (Å²) in [5, 5.41) is 6.53. The third-order valence-electron chi connectivity index (χ3n) is 5.79. The Bertz CT molecular complexity index is 1050. The number of nitrogens with zero attached hydrogens (tertiary/aromatic N) is 2. The second kappa shape index (κ2) is 6.08. The molecule has 2 aromatic heterocycles. The minimum absolute atomic E-state index is 0.00742. The van der Waals surface area contributed by atoms with Crippen molar-refractivity contribution in [1.29, 1.82) is 0 Å². The molecular weight excluding hydrogens is 338 g/mol. The lowest BCUT2D eigenvalue weighted by Crippen LogP contribution is -2.35. The van der Waals surface area contributed by atoms with Crippen molar-refractivity contribution in [3.8, 4) is 11.3 Å². The van der Waals surface area contributed by atoms with Crippen LogP contribution in [0.1, 0.15) is 47.4 Å². The molecular formula is C21H23N5O. The molecule has 4 bridgehead atoms. The smallest absolute Gasteiger partial charge is 0.253 e. The first-order chi connectivity index (χ1) is 13.1. The van der Waals surface area contributed by atoms with E-state index in [1.807, 2.05) is 31.2 Å². The van der Waals surface area contributed by atoms with Crippen molar-refractivity contribution in [3.05, 3.63) is 41.2 Å². The number of nitrogens with one attached hydrogen (secondary N) is 3. The number of aryl methyl sites for hydroxylation is 1. The lowest BCUT2D eigenvalue weighted by molar-refractivity contribution is 0.0937. The number of para-hydroxylation sites is 1. The van der Waals surface area contributed by atoms with E-state index in [9.17, 15) is 4.79 Å². The van der Waals surface area contributed by atoms with E-state index in [0.29, 0.717) is 18.4 Å². The van der Waals surface area contributed by atoms with Gasteiger partial charge in [0.05, 0.1) is 16.8 Å². The largest absolute Gasteiger partial charge is 0.369 e. The van der Waals surface area contributed by atoms with Crippen molar-refractivity contribution >= 4 is 22.8 Å². The zero-order valence-electron chi connectivity index (χ0n) is 15.6. The fraction of sp³-hybridized carbons (Fsp3) is 0.381. The Morgan fingerprint density at radius 3 is 2.93 bits per heavy atom. The average Bonchev–Trinajstić information content (AvgIpc) is 3.10. The highest BCUT2D eigenvalue weighted by atomic mass is 16.1. The Morgan fingerprint density at radius 1 is 1.15 bits per heavy atom. The highest BCUT2D eigenvalue weighted by molar-refractivity contribution is 6.00. The fourth-order valence-electron chi connectivity index (χ4n) is 4.33. The van der Waals surface area contributed by atoms with Crippen LogP contribution < -0.4 is 10.6 Å². The number of hydrogen-bond donors (Lipinski definition) is 3. The van der Waals surface area contributed by atoms with Crippen molar-refractivity contribution in [2.45, 2.75) is 32.6 Å². The predicted octanol–water partition coefficient (Wildman–Crippen LogP) is 3.60. The van der Waals surface area contributed by atoms with Gasteiger partial charge in [-0.15, -0.1) is 0 Å². The molecule has 3 aromatic rings. The Morgan fingerprint density at radius 2 is 2.04 bits per heavy atom. The average molecular weight is 361 g/mol. The van der Waals surface area contributed by atoms with Gasteiger partial charge in [0, 0.05) is 36.0 Å². The van der Waals surface area contributed by atoms with Crippen molar-refractivity contribution in [2.75, 3.05) is 18.4 Å². The van der Waals surface area contributed by atoms with Crippen LogP contribution >= 0.6 is 0 Å². The van der Waals surface area contributed by atoms with Crippen LogP contribution in [0.5, 0.6) is 0 Å². The van der Waals surface area contributed by atoms with E-state index in [1.165, 1.54) is 0 Å². The summed E-state index contributed by atoms with van der Waals surface area (Å²) in [6.45, 7) is 5.83. The van der Waals surface area contributed by atoms with Gasteiger partial charge in [-0.2, -0.15) is 0 Å². The van der Waals surface area contributed by atoms with Gasteiger partial charge in [0.1, 0.15) is 11.3 Å². The standard InChI is InChI=1S/C21H23N5O/c1-11-6-7-22-20-12(2)24-16-5-3-4-14(19(16)26-20)17-9-15-18(25-17)13(8-11)10-23-21(15)27/h3-5,9,11,13,25H,6-8,10H2,1-2H3,(H,22,26)(H,23,27)/t11-,13+/m0/s1. The molecule has 2 aliphatic heterocycles. The minimum Gasteiger partial charge on any atom is -0.369 e. The van der Waals surface area contributed by atoms with E-state index >= 15 is 0 Å². The van der Waals surface area contributed by atoms with Gasteiger partial charge in [-0.05, 0) is 37.8 Å². The lowest BCUT2D eigenvalue weighted by Gasteiger charge is -2.25. The van der Waals surface area contributed by atoms with Gasteiger partial charge < -0.3 is 15.6 Å². The van der Waals surface area contributed by atoms with Crippen LogP contribution in [-0.4, -0.2) is 33.9 Å². The van der Waals surface area contributed by atoms with E-state index in [-0.39, 0.29) is 5.91 Å². The van der Waals surface area contributed by atoms with E-state index in [4.69, 9.17) is 9.97 Å². The second-order valence-corrected chi connectivity index (χ2v) is 7.80. The maximum absolute atomic E-state index is 12.4. The molecule has 3 N–H and O–H groups in total. The monoisotopic (exact) mass is 361 g/mol. The van der Waals surface area contributed by atoms with Crippen molar-refractivity contribution in [1.82, 2.24) is 20.3 Å². The number of benzene rings is 1. The molecule has 6 nitrogen and oxygen atoms in total. The molecule has 6 heteroatoms. The number of rotatable bonds is 0. The van der Waals surface area contributed by atoms with Gasteiger partial charge in [-0.3, -0.25) is 4.79 Å². The Hall–Kier alpha value is -2.89. The van der Waals surface area contributed by atoms with E-state index in [0.717, 1.165) is 64.4 Å². The van der Waals surface area contributed by atoms with Crippen LogP contribution in [0.15, 0.2) is 24.3 Å². The molecule has 2 aliphatic rings. The number of amides is 1. The summed E-state index contributed by atoms with van der Waals surface area (Å²) in [5.41, 5.74) is 6.38. The number of carbonyl (C=O) groups is 1. The summed E-state index contributed by atoms with van der Waals surface area (Å²) < 4.78 is 0.